The molecule has 6 aromatic rings. The highest BCUT2D eigenvalue weighted by Gasteiger charge is 2.33. The molecule has 1 aromatic heterocycles. The Morgan fingerprint density at radius 2 is 1.37 bits per heavy atom. The van der Waals surface area contributed by atoms with Gasteiger partial charge in [0.2, 0.25) is 11.8 Å². The molecule has 0 spiro atoms. The second-order valence-electron chi connectivity index (χ2n) is 13.9. The van der Waals surface area contributed by atoms with Crippen molar-refractivity contribution in [3.05, 3.63) is 156 Å². The number of aliphatic hydroxyl groups is 1. The van der Waals surface area contributed by atoms with E-state index in [1.165, 1.54) is 11.8 Å². The number of aromatic nitrogens is 1. The minimum atomic E-state index is -0.651. The number of nitrogens with zero attached hydrogens (tertiary/aromatic N) is 1. The second-order valence-corrected chi connectivity index (χ2v) is 14.9. The highest BCUT2D eigenvalue weighted by Crippen LogP contribution is 2.41. The van der Waals surface area contributed by atoms with E-state index in [1.807, 2.05) is 121 Å². The van der Waals surface area contributed by atoms with Crippen molar-refractivity contribution in [2.75, 3.05) is 5.75 Å². The molecule has 0 aliphatic carbocycles. The predicted octanol–water partition coefficient (Wildman–Crippen LogP) is 9.19. The van der Waals surface area contributed by atoms with Gasteiger partial charge in [0.05, 0.1) is 18.8 Å². The van der Waals surface area contributed by atoms with E-state index in [2.05, 4.69) is 17.4 Å². The molecule has 10 nitrogen and oxygen atoms in total. The van der Waals surface area contributed by atoms with Gasteiger partial charge in [-0.2, -0.15) is 0 Å². The maximum absolute atomic E-state index is 12.4. The summed E-state index contributed by atoms with van der Waals surface area (Å²) in [6.07, 6.45) is 1.05. The van der Waals surface area contributed by atoms with E-state index >= 15 is 0 Å². The lowest BCUT2D eigenvalue weighted by molar-refractivity contribution is -0.245. The zero-order valence-corrected chi connectivity index (χ0v) is 32.2. The fourth-order valence-electron chi connectivity index (χ4n) is 6.77. The van der Waals surface area contributed by atoms with Gasteiger partial charge in [-0.25, -0.2) is 10.5 Å². The van der Waals surface area contributed by atoms with Crippen molar-refractivity contribution in [3.63, 3.8) is 0 Å². The van der Waals surface area contributed by atoms with Crippen LogP contribution in [0.4, 0.5) is 0 Å². The van der Waals surface area contributed by atoms with E-state index in [0.29, 0.717) is 43.2 Å². The molecule has 292 valence electrons. The van der Waals surface area contributed by atoms with Crippen LogP contribution in [0, 0.1) is 0 Å². The van der Waals surface area contributed by atoms with Gasteiger partial charge < -0.3 is 24.3 Å². The number of hydrogen-bond donors (Lipinski definition) is 4. The number of hydrogen-bond acceptors (Lipinski definition) is 9. The number of unbranched alkanes of at least 4 members (excludes halogenated alkanes) is 1. The third-order valence-electron chi connectivity index (χ3n) is 9.79. The third-order valence-corrected chi connectivity index (χ3v) is 10.7. The Bertz CT molecular complexity index is 2170. The number of nitrogens with one attached hydrogen (secondary N) is 2. The summed E-state index contributed by atoms with van der Waals surface area (Å²) in [4.78, 5) is 28.6. The van der Waals surface area contributed by atoms with Gasteiger partial charge in [-0.05, 0) is 52.8 Å². The number of ether oxygens (including phenoxy) is 2. The number of carbonyl (C=O) groups excluding carboxylic acids is 2. The van der Waals surface area contributed by atoms with Gasteiger partial charge in [0.15, 0.2) is 12.1 Å². The Morgan fingerprint density at radius 1 is 0.702 bits per heavy atom. The van der Waals surface area contributed by atoms with Gasteiger partial charge in [0, 0.05) is 48.3 Å². The summed E-state index contributed by atoms with van der Waals surface area (Å²) < 4.78 is 19.8. The fourth-order valence-corrected chi connectivity index (χ4v) is 7.61. The molecule has 0 bridgehead atoms. The van der Waals surface area contributed by atoms with Gasteiger partial charge in [-0.3, -0.25) is 14.8 Å². The molecule has 2 amide bonds. The standard InChI is InChI=1S/C46H45N3O7S/c50-29-31-21-23-33(24-22-31)40-27-39(30-57-46-48-43(34-12-3-1-4-13-34)44(56-46)35-14-5-2-6-15-35)54-45(55-40)38-18-10-17-37(26-38)36-16-9-11-32(25-36)28-47-41(51)19-7-8-20-42(52)49-53/h1-6,9-18,21-26,39-40,45,50,53H,7-8,19-20,27-30H2,(H,47,51)(H,49,52)/t39-,40+,45+/m1/s1. The van der Waals surface area contributed by atoms with Crippen LogP contribution in [0.25, 0.3) is 33.7 Å². The molecule has 4 N–H and O–H groups in total. The summed E-state index contributed by atoms with van der Waals surface area (Å²) in [7, 11) is 0. The molecular weight excluding hydrogens is 739 g/mol. The maximum atomic E-state index is 12.4. The highest BCUT2D eigenvalue weighted by molar-refractivity contribution is 7.99. The number of aliphatic hydroxyl groups excluding tert-OH is 1. The molecule has 11 heteroatoms. The number of benzene rings is 5. The van der Waals surface area contributed by atoms with Gasteiger partial charge in [0.25, 0.3) is 5.22 Å². The zero-order valence-electron chi connectivity index (χ0n) is 31.4. The molecule has 3 atom stereocenters. The molecule has 0 radical (unpaired) electrons. The molecule has 57 heavy (non-hydrogen) atoms. The quantitative estimate of drug-likeness (QED) is 0.0327. The van der Waals surface area contributed by atoms with E-state index in [4.69, 9.17) is 24.1 Å². The Morgan fingerprint density at radius 3 is 2.09 bits per heavy atom. The largest absolute Gasteiger partial charge is 0.431 e. The van der Waals surface area contributed by atoms with E-state index in [0.717, 1.165) is 56.0 Å². The molecular formula is C46H45N3O7S. The average molecular weight is 784 g/mol. The molecule has 1 saturated heterocycles. The summed E-state index contributed by atoms with van der Waals surface area (Å²) in [6, 6.07) is 44.1. The molecule has 5 aromatic carbocycles. The fraction of sp³-hybridized carbons (Fsp3) is 0.239. The number of hydroxylamine groups is 1. The van der Waals surface area contributed by atoms with Crippen LogP contribution in [0.1, 0.15) is 66.8 Å². The van der Waals surface area contributed by atoms with Gasteiger partial charge >= 0.3 is 0 Å². The minimum absolute atomic E-state index is 0.0311. The van der Waals surface area contributed by atoms with Crippen molar-refractivity contribution in [1.82, 2.24) is 15.8 Å². The Kier molecular flexibility index (Phi) is 13.6. The summed E-state index contributed by atoms with van der Waals surface area (Å²) in [5.41, 5.74) is 9.99. The van der Waals surface area contributed by atoms with Crippen LogP contribution < -0.4 is 10.8 Å². The van der Waals surface area contributed by atoms with E-state index in [9.17, 15) is 14.7 Å². The normalized spacial score (nSPS) is 16.6. The molecule has 1 aliphatic rings. The van der Waals surface area contributed by atoms with Crippen molar-refractivity contribution in [2.45, 2.75) is 69.0 Å². The Hall–Kier alpha value is -5.56. The Labute approximate surface area is 336 Å². The van der Waals surface area contributed by atoms with Crippen molar-refractivity contribution in [1.29, 1.82) is 0 Å². The SMILES string of the molecule is O=C(CCCCC(=O)NCc1cccc(-c2cccc([C@H]3O[C@@H](CSc4nc(-c5ccccc5)c(-c5ccccc5)o4)C[C@@H](c4ccc(CO)cc4)O3)c2)c1)NO. The van der Waals surface area contributed by atoms with Crippen molar-refractivity contribution in [2.24, 2.45) is 0 Å². The van der Waals surface area contributed by atoms with Gasteiger partial charge in [-0.15, -0.1) is 0 Å². The summed E-state index contributed by atoms with van der Waals surface area (Å²) in [6.45, 7) is 0.343. The van der Waals surface area contributed by atoms with Crippen LogP contribution in [0.15, 0.2) is 143 Å². The molecule has 0 saturated carbocycles. The highest BCUT2D eigenvalue weighted by atomic mass is 32.2. The first-order chi connectivity index (χ1) is 27.9. The lowest BCUT2D eigenvalue weighted by atomic mass is 9.99. The van der Waals surface area contributed by atoms with Crippen LogP contribution in [0.3, 0.4) is 0 Å². The van der Waals surface area contributed by atoms with Crippen molar-refractivity contribution < 1.29 is 33.8 Å². The van der Waals surface area contributed by atoms with Crippen LogP contribution in [-0.2, 0) is 32.2 Å². The molecule has 0 unspecified atom stereocenters. The number of thioether (sulfide) groups is 1. The first-order valence-corrected chi connectivity index (χ1v) is 20.1. The van der Waals surface area contributed by atoms with Crippen LogP contribution in [0.2, 0.25) is 0 Å². The molecule has 2 heterocycles. The van der Waals surface area contributed by atoms with E-state index in [-0.39, 0.29) is 31.1 Å². The van der Waals surface area contributed by atoms with Crippen LogP contribution >= 0.6 is 11.8 Å². The Balaban J connectivity index is 1.07. The van der Waals surface area contributed by atoms with E-state index in [1.54, 1.807) is 5.48 Å². The first kappa shape index (κ1) is 39.7. The van der Waals surface area contributed by atoms with E-state index < -0.39 is 12.2 Å². The number of rotatable bonds is 16. The lowest BCUT2D eigenvalue weighted by Crippen LogP contribution is -2.31. The number of carbonyl (C=O) groups is 2. The minimum Gasteiger partial charge on any atom is -0.431 e. The smallest absolute Gasteiger partial charge is 0.256 e. The second kappa shape index (κ2) is 19.5. The topological polar surface area (TPSA) is 143 Å². The average Bonchev–Trinajstić information content (AvgIpc) is 3.71. The summed E-state index contributed by atoms with van der Waals surface area (Å²) >= 11 is 1.52. The molecule has 1 aliphatic heterocycles. The van der Waals surface area contributed by atoms with Crippen molar-refractivity contribution >= 4 is 23.6 Å². The molecule has 1 fully saturated rings. The summed E-state index contributed by atoms with van der Waals surface area (Å²) in [5.74, 6) is 0.757. The van der Waals surface area contributed by atoms with Crippen molar-refractivity contribution in [3.8, 4) is 33.7 Å². The monoisotopic (exact) mass is 783 g/mol. The van der Waals surface area contributed by atoms with Gasteiger partial charge in [0.1, 0.15) is 5.69 Å². The summed E-state index contributed by atoms with van der Waals surface area (Å²) in [5, 5.41) is 21.8. The number of oxazole rings is 1. The predicted molar refractivity (Wildman–Crippen MR) is 219 cm³/mol. The molecule has 7 rings (SSSR count). The van der Waals surface area contributed by atoms with Gasteiger partial charge in [-0.1, -0.05) is 133 Å². The third kappa shape index (κ3) is 10.6. The van der Waals surface area contributed by atoms with Crippen LogP contribution in [-0.4, -0.2) is 39.0 Å². The lowest BCUT2D eigenvalue weighted by Gasteiger charge is -2.36. The zero-order chi connectivity index (χ0) is 39.4. The first-order valence-electron chi connectivity index (χ1n) is 19.1. The van der Waals surface area contributed by atoms with Crippen LogP contribution in [0.5, 0.6) is 0 Å². The maximum Gasteiger partial charge on any atom is 0.256 e. The number of amides is 2.